The van der Waals surface area contributed by atoms with Gasteiger partial charge in [0.2, 0.25) is 0 Å². The van der Waals surface area contributed by atoms with Crippen LogP contribution < -0.4 is 15.0 Å². The van der Waals surface area contributed by atoms with Crippen molar-refractivity contribution in [3.63, 3.8) is 0 Å². The van der Waals surface area contributed by atoms with Gasteiger partial charge < -0.3 is 15.0 Å². The number of hydrogen-bond donors (Lipinski definition) is 1. The van der Waals surface area contributed by atoms with Crippen molar-refractivity contribution in [3.05, 3.63) is 70.1 Å². The molecule has 0 atom stereocenters. The summed E-state index contributed by atoms with van der Waals surface area (Å²) < 4.78 is 5.85. The smallest absolute Gasteiger partial charge is 0.261 e. The minimum absolute atomic E-state index is 0.0232. The molecule has 0 unspecified atom stereocenters. The van der Waals surface area contributed by atoms with Gasteiger partial charge in [-0.1, -0.05) is 39.8 Å². The number of anilines is 1. The highest BCUT2D eigenvalue weighted by Gasteiger charge is 2.38. The molecule has 0 aliphatic heterocycles. The minimum atomic E-state index is -0.0232. The summed E-state index contributed by atoms with van der Waals surface area (Å²) in [7, 11) is 1.74. The third-order valence-electron chi connectivity index (χ3n) is 7.68. The maximum Gasteiger partial charge on any atom is 0.261 e. The largest absolute Gasteiger partial charge is 0.496 e. The second-order valence-corrected chi connectivity index (χ2v) is 12.3. The fraction of sp³-hybridized carbons (Fsp3) is 0.452. The van der Waals surface area contributed by atoms with E-state index in [2.05, 4.69) is 94.2 Å². The van der Waals surface area contributed by atoms with E-state index < -0.39 is 0 Å². The number of thiophene rings is 1. The number of methoxy groups -OCH3 is 1. The first-order valence-corrected chi connectivity index (χ1v) is 13.8. The summed E-state index contributed by atoms with van der Waals surface area (Å²) in [6, 6.07) is 17.0. The summed E-state index contributed by atoms with van der Waals surface area (Å²) in [6.45, 7) is 15.8. The van der Waals surface area contributed by atoms with E-state index in [9.17, 15) is 4.79 Å². The molecule has 4 nitrogen and oxygen atoms in total. The van der Waals surface area contributed by atoms with Gasteiger partial charge in [0.25, 0.3) is 5.91 Å². The molecule has 3 aromatic rings. The van der Waals surface area contributed by atoms with Gasteiger partial charge in [0.05, 0.1) is 12.0 Å². The number of benzene rings is 2. The van der Waals surface area contributed by atoms with Gasteiger partial charge in [0.1, 0.15) is 5.75 Å². The lowest BCUT2D eigenvalue weighted by molar-refractivity contribution is 0.0958. The molecule has 1 aromatic heterocycles. The Kier molecular flexibility index (Phi) is 7.51. The predicted molar refractivity (Wildman–Crippen MR) is 153 cm³/mol. The first kappa shape index (κ1) is 26.3. The molecule has 1 aliphatic rings. The standard InChI is InChI=1S/C31H40N2O2S/c1-8-33(22-11-9-10-21(2)18-22)17-16-32-29(34)28-13-12-27(36-28)23-19-24-25(20-26(23)35-7)31(5,6)15-14-30(24,3)4/h9-13,18-20H,8,14-17H2,1-7H3,(H,32,34). The lowest BCUT2D eigenvalue weighted by atomic mass is 9.63. The number of ether oxygens (including phenoxy) is 1. The zero-order chi connectivity index (χ0) is 26.1. The van der Waals surface area contributed by atoms with Crippen molar-refractivity contribution in [1.82, 2.24) is 5.32 Å². The SMILES string of the molecule is CCN(CCNC(=O)c1ccc(-c2cc3c(cc2OC)C(C)(C)CCC3(C)C)s1)c1cccc(C)c1. The number of fused-ring (bicyclic) bond motifs is 1. The Morgan fingerprint density at radius 2 is 1.72 bits per heavy atom. The lowest BCUT2D eigenvalue weighted by Gasteiger charge is -2.42. The number of carbonyl (C=O) groups excluding carboxylic acids is 1. The number of aryl methyl sites for hydroxylation is 1. The van der Waals surface area contributed by atoms with Crippen LogP contribution in [0.2, 0.25) is 0 Å². The summed E-state index contributed by atoms with van der Waals surface area (Å²) in [5.74, 6) is 0.856. The number of hydrogen-bond acceptors (Lipinski definition) is 4. The average molecular weight is 505 g/mol. The van der Waals surface area contributed by atoms with E-state index in [4.69, 9.17) is 4.74 Å². The van der Waals surface area contributed by atoms with Crippen LogP contribution in [0, 0.1) is 6.92 Å². The molecule has 0 spiro atoms. The Hall–Kier alpha value is -2.79. The van der Waals surface area contributed by atoms with Crippen LogP contribution in [-0.4, -0.2) is 32.7 Å². The van der Waals surface area contributed by atoms with E-state index in [0.29, 0.717) is 6.54 Å². The molecule has 2 aromatic carbocycles. The highest BCUT2D eigenvalue weighted by atomic mass is 32.1. The topological polar surface area (TPSA) is 41.6 Å². The molecule has 0 saturated heterocycles. The van der Waals surface area contributed by atoms with Gasteiger partial charge in [0, 0.05) is 35.8 Å². The van der Waals surface area contributed by atoms with Crippen LogP contribution in [-0.2, 0) is 10.8 Å². The van der Waals surface area contributed by atoms with Crippen molar-refractivity contribution >= 4 is 22.9 Å². The maximum absolute atomic E-state index is 13.0. The van der Waals surface area contributed by atoms with Crippen LogP contribution in [0.5, 0.6) is 5.75 Å². The van der Waals surface area contributed by atoms with Crippen molar-refractivity contribution < 1.29 is 9.53 Å². The molecule has 5 heteroatoms. The van der Waals surface area contributed by atoms with Gasteiger partial charge in [-0.15, -0.1) is 11.3 Å². The van der Waals surface area contributed by atoms with Gasteiger partial charge >= 0.3 is 0 Å². The highest BCUT2D eigenvalue weighted by molar-refractivity contribution is 7.17. The number of nitrogens with one attached hydrogen (secondary N) is 1. The molecular weight excluding hydrogens is 464 g/mol. The molecule has 0 saturated carbocycles. The monoisotopic (exact) mass is 504 g/mol. The van der Waals surface area contributed by atoms with E-state index in [1.807, 2.05) is 6.07 Å². The van der Waals surface area contributed by atoms with Crippen LogP contribution >= 0.6 is 11.3 Å². The maximum atomic E-state index is 13.0. The molecule has 0 bridgehead atoms. The Morgan fingerprint density at radius 3 is 2.36 bits per heavy atom. The molecule has 4 rings (SSSR count). The van der Waals surface area contributed by atoms with E-state index in [1.165, 1.54) is 33.7 Å². The van der Waals surface area contributed by atoms with E-state index >= 15 is 0 Å². The lowest BCUT2D eigenvalue weighted by Crippen LogP contribution is -2.34. The Bertz CT molecular complexity index is 1240. The first-order valence-electron chi connectivity index (χ1n) is 13.0. The number of amides is 1. The second kappa shape index (κ2) is 10.3. The number of likely N-dealkylation sites (N-methyl/N-ethyl adjacent to an activating group) is 1. The van der Waals surface area contributed by atoms with Crippen molar-refractivity contribution in [3.8, 4) is 16.2 Å². The molecule has 0 radical (unpaired) electrons. The fourth-order valence-electron chi connectivity index (χ4n) is 5.25. The van der Waals surface area contributed by atoms with Crippen molar-refractivity contribution in [2.45, 2.75) is 65.2 Å². The van der Waals surface area contributed by atoms with E-state index in [-0.39, 0.29) is 16.7 Å². The van der Waals surface area contributed by atoms with Crippen LogP contribution in [0.15, 0.2) is 48.5 Å². The molecule has 36 heavy (non-hydrogen) atoms. The Morgan fingerprint density at radius 1 is 1.03 bits per heavy atom. The van der Waals surface area contributed by atoms with Crippen LogP contribution in [0.25, 0.3) is 10.4 Å². The van der Waals surface area contributed by atoms with E-state index in [1.54, 1.807) is 7.11 Å². The zero-order valence-electron chi connectivity index (χ0n) is 22.8. The summed E-state index contributed by atoms with van der Waals surface area (Å²) in [4.78, 5) is 17.0. The molecule has 1 aliphatic carbocycles. The molecule has 0 fully saturated rings. The normalized spacial score (nSPS) is 15.8. The average Bonchev–Trinajstić information content (AvgIpc) is 3.34. The van der Waals surface area contributed by atoms with Gasteiger partial charge in [0.15, 0.2) is 0 Å². The summed E-state index contributed by atoms with van der Waals surface area (Å²) in [6.07, 6.45) is 2.33. The highest BCUT2D eigenvalue weighted by Crippen LogP contribution is 2.49. The van der Waals surface area contributed by atoms with Crippen molar-refractivity contribution in [2.24, 2.45) is 0 Å². The van der Waals surface area contributed by atoms with Crippen LogP contribution in [0.4, 0.5) is 5.69 Å². The number of carbonyl (C=O) groups is 1. The van der Waals surface area contributed by atoms with Gasteiger partial charge in [-0.25, -0.2) is 0 Å². The van der Waals surface area contributed by atoms with Crippen LogP contribution in [0.3, 0.4) is 0 Å². The quantitative estimate of drug-likeness (QED) is 0.349. The van der Waals surface area contributed by atoms with E-state index in [0.717, 1.165) is 47.0 Å². The molecule has 1 amide bonds. The van der Waals surface area contributed by atoms with Gasteiger partial charge in [-0.05, 0) is 90.6 Å². The minimum Gasteiger partial charge on any atom is -0.496 e. The summed E-state index contributed by atoms with van der Waals surface area (Å²) >= 11 is 1.53. The van der Waals surface area contributed by atoms with Crippen molar-refractivity contribution in [2.75, 3.05) is 31.6 Å². The van der Waals surface area contributed by atoms with Gasteiger partial charge in [-0.2, -0.15) is 0 Å². The number of nitrogens with zero attached hydrogens (tertiary/aromatic N) is 1. The van der Waals surface area contributed by atoms with Crippen molar-refractivity contribution in [1.29, 1.82) is 0 Å². The third kappa shape index (κ3) is 5.31. The third-order valence-corrected chi connectivity index (χ3v) is 8.80. The van der Waals surface area contributed by atoms with Crippen LogP contribution in [0.1, 0.15) is 73.8 Å². The first-order chi connectivity index (χ1) is 17.1. The summed E-state index contributed by atoms with van der Waals surface area (Å²) in [5.41, 5.74) is 6.52. The molecule has 1 heterocycles. The molecular formula is C31H40N2O2S. The Balaban J connectivity index is 1.51. The zero-order valence-corrected chi connectivity index (χ0v) is 23.6. The Labute approximate surface area is 220 Å². The summed E-state index contributed by atoms with van der Waals surface area (Å²) in [5, 5.41) is 3.11. The molecule has 1 N–H and O–H groups in total. The number of rotatable bonds is 8. The van der Waals surface area contributed by atoms with Gasteiger partial charge in [-0.3, -0.25) is 4.79 Å². The molecule has 192 valence electrons. The second-order valence-electron chi connectivity index (χ2n) is 11.2. The predicted octanol–water partition coefficient (Wildman–Crippen LogP) is 7.34. The fourth-order valence-corrected chi connectivity index (χ4v) is 6.19.